The molecule has 3 rings (SSSR count). The summed E-state index contributed by atoms with van der Waals surface area (Å²) in [6.45, 7) is 6.36. The van der Waals surface area contributed by atoms with Crippen LogP contribution in [0.3, 0.4) is 0 Å². The SMILES string of the molecule is CC(C)c1ccccc1OCCNC(=O)C1CCCN(C(=O)c2cccs2)C1. The number of carbonyl (C=O) groups excluding carboxylic acids is 2. The van der Waals surface area contributed by atoms with Gasteiger partial charge in [-0.15, -0.1) is 11.3 Å². The van der Waals surface area contributed by atoms with Gasteiger partial charge >= 0.3 is 0 Å². The Kier molecular flexibility index (Phi) is 7.09. The minimum atomic E-state index is -0.152. The maximum atomic E-state index is 12.5. The molecule has 2 amide bonds. The molecule has 1 aromatic carbocycles. The quantitative estimate of drug-likeness (QED) is 0.717. The highest BCUT2D eigenvalue weighted by Gasteiger charge is 2.29. The van der Waals surface area contributed by atoms with Crippen molar-refractivity contribution in [2.24, 2.45) is 5.92 Å². The number of rotatable bonds is 7. The normalized spacial score (nSPS) is 16.8. The fraction of sp³-hybridized carbons (Fsp3) is 0.455. The molecule has 1 aromatic heterocycles. The molecule has 6 heteroatoms. The van der Waals surface area contributed by atoms with E-state index in [-0.39, 0.29) is 17.7 Å². The summed E-state index contributed by atoms with van der Waals surface area (Å²) < 4.78 is 5.87. The third kappa shape index (κ3) is 5.13. The van der Waals surface area contributed by atoms with Crippen LogP contribution in [0.25, 0.3) is 0 Å². The molecule has 0 spiro atoms. The first-order valence-electron chi connectivity index (χ1n) is 9.88. The van der Waals surface area contributed by atoms with Crippen molar-refractivity contribution < 1.29 is 14.3 Å². The average molecular weight is 401 g/mol. The third-order valence-electron chi connectivity index (χ3n) is 5.01. The van der Waals surface area contributed by atoms with Gasteiger partial charge in [0.15, 0.2) is 0 Å². The fourth-order valence-electron chi connectivity index (χ4n) is 3.50. The van der Waals surface area contributed by atoms with Crippen molar-refractivity contribution in [3.8, 4) is 5.75 Å². The number of nitrogens with one attached hydrogen (secondary N) is 1. The molecule has 0 saturated carbocycles. The van der Waals surface area contributed by atoms with Crippen LogP contribution in [0.4, 0.5) is 0 Å². The van der Waals surface area contributed by atoms with E-state index in [2.05, 4.69) is 25.2 Å². The summed E-state index contributed by atoms with van der Waals surface area (Å²) in [7, 11) is 0. The van der Waals surface area contributed by atoms with Crippen LogP contribution in [0, 0.1) is 5.92 Å². The molecule has 0 bridgehead atoms. The zero-order valence-electron chi connectivity index (χ0n) is 16.5. The predicted molar refractivity (Wildman–Crippen MR) is 112 cm³/mol. The molecule has 1 aliphatic rings. The Morgan fingerprint density at radius 2 is 2.07 bits per heavy atom. The van der Waals surface area contributed by atoms with Crippen molar-refractivity contribution in [2.75, 3.05) is 26.2 Å². The third-order valence-corrected chi connectivity index (χ3v) is 5.87. The molecule has 150 valence electrons. The molecular weight excluding hydrogens is 372 g/mol. The molecule has 2 heterocycles. The van der Waals surface area contributed by atoms with Crippen LogP contribution >= 0.6 is 11.3 Å². The summed E-state index contributed by atoms with van der Waals surface area (Å²) in [5.41, 5.74) is 1.17. The lowest BCUT2D eigenvalue weighted by molar-refractivity contribution is -0.126. The zero-order valence-corrected chi connectivity index (χ0v) is 17.3. The van der Waals surface area contributed by atoms with E-state index in [0.29, 0.717) is 25.6 Å². The number of benzene rings is 1. The summed E-state index contributed by atoms with van der Waals surface area (Å²) in [5.74, 6) is 1.14. The number of piperidine rings is 1. The van der Waals surface area contributed by atoms with E-state index in [9.17, 15) is 9.59 Å². The Bertz CT molecular complexity index is 789. The van der Waals surface area contributed by atoms with E-state index in [1.165, 1.54) is 16.9 Å². The number of likely N-dealkylation sites (tertiary alicyclic amines) is 1. The highest BCUT2D eigenvalue weighted by atomic mass is 32.1. The second-order valence-corrected chi connectivity index (χ2v) is 8.35. The van der Waals surface area contributed by atoms with Crippen LogP contribution in [0.1, 0.15) is 47.8 Å². The fourth-order valence-corrected chi connectivity index (χ4v) is 4.19. The zero-order chi connectivity index (χ0) is 19.9. The van der Waals surface area contributed by atoms with Gasteiger partial charge in [0.25, 0.3) is 5.91 Å². The summed E-state index contributed by atoms with van der Waals surface area (Å²) >= 11 is 1.44. The van der Waals surface area contributed by atoms with Crippen molar-refractivity contribution in [3.63, 3.8) is 0 Å². The molecule has 1 N–H and O–H groups in total. The number of hydrogen-bond acceptors (Lipinski definition) is 4. The number of carbonyl (C=O) groups is 2. The maximum Gasteiger partial charge on any atom is 0.263 e. The van der Waals surface area contributed by atoms with Gasteiger partial charge in [-0.25, -0.2) is 0 Å². The molecule has 1 unspecified atom stereocenters. The Labute approximate surface area is 170 Å². The van der Waals surface area contributed by atoms with Crippen molar-refractivity contribution in [1.29, 1.82) is 0 Å². The number of para-hydroxylation sites is 1. The summed E-state index contributed by atoms with van der Waals surface area (Å²) in [6, 6.07) is 11.7. The molecule has 2 aromatic rings. The van der Waals surface area contributed by atoms with Gasteiger partial charge in [-0.1, -0.05) is 38.1 Å². The van der Waals surface area contributed by atoms with Gasteiger partial charge in [0.2, 0.25) is 5.91 Å². The Morgan fingerprint density at radius 1 is 1.25 bits per heavy atom. The van der Waals surface area contributed by atoms with Crippen LogP contribution in [0.2, 0.25) is 0 Å². The first-order valence-corrected chi connectivity index (χ1v) is 10.8. The second kappa shape index (κ2) is 9.73. The molecule has 1 aliphatic heterocycles. The maximum absolute atomic E-state index is 12.5. The van der Waals surface area contributed by atoms with Crippen LogP contribution in [0.5, 0.6) is 5.75 Å². The van der Waals surface area contributed by atoms with E-state index in [1.807, 2.05) is 35.7 Å². The molecule has 28 heavy (non-hydrogen) atoms. The lowest BCUT2D eigenvalue weighted by Gasteiger charge is -2.31. The number of ether oxygens (including phenoxy) is 1. The molecule has 0 aliphatic carbocycles. The standard InChI is InChI=1S/C22H28N2O3S/c1-16(2)18-8-3-4-9-19(18)27-13-11-23-21(25)17-7-5-12-24(15-17)22(26)20-10-6-14-28-20/h3-4,6,8-10,14,16-17H,5,7,11-13,15H2,1-2H3,(H,23,25). The summed E-state index contributed by atoms with van der Waals surface area (Å²) in [6.07, 6.45) is 1.67. The molecule has 1 atom stereocenters. The Hall–Kier alpha value is -2.34. The minimum Gasteiger partial charge on any atom is -0.491 e. The second-order valence-electron chi connectivity index (χ2n) is 7.40. The van der Waals surface area contributed by atoms with E-state index >= 15 is 0 Å². The van der Waals surface area contributed by atoms with E-state index in [1.54, 1.807) is 4.90 Å². The molecular formula is C22H28N2O3S. The smallest absolute Gasteiger partial charge is 0.263 e. The number of hydrogen-bond donors (Lipinski definition) is 1. The molecule has 1 saturated heterocycles. The van der Waals surface area contributed by atoms with Crippen LogP contribution in [0.15, 0.2) is 41.8 Å². The average Bonchev–Trinajstić information content (AvgIpc) is 3.25. The first-order chi connectivity index (χ1) is 13.6. The molecule has 1 fully saturated rings. The Balaban J connectivity index is 1.45. The monoisotopic (exact) mass is 400 g/mol. The van der Waals surface area contributed by atoms with Gasteiger partial charge in [0.05, 0.1) is 17.3 Å². The largest absolute Gasteiger partial charge is 0.491 e. The van der Waals surface area contributed by atoms with E-state index in [4.69, 9.17) is 4.74 Å². The lowest BCUT2D eigenvalue weighted by atomic mass is 9.97. The number of thiophene rings is 1. The van der Waals surface area contributed by atoms with Crippen LogP contribution < -0.4 is 10.1 Å². The van der Waals surface area contributed by atoms with E-state index < -0.39 is 0 Å². The van der Waals surface area contributed by atoms with Gasteiger partial charge in [-0.2, -0.15) is 0 Å². The van der Waals surface area contributed by atoms with Gasteiger partial charge in [-0.3, -0.25) is 9.59 Å². The van der Waals surface area contributed by atoms with Crippen molar-refractivity contribution in [1.82, 2.24) is 10.2 Å². The van der Waals surface area contributed by atoms with E-state index in [0.717, 1.165) is 30.0 Å². The van der Waals surface area contributed by atoms with Crippen LogP contribution in [-0.2, 0) is 4.79 Å². The summed E-state index contributed by atoms with van der Waals surface area (Å²) in [5, 5.41) is 4.87. The van der Waals surface area contributed by atoms with Crippen molar-refractivity contribution >= 4 is 23.2 Å². The molecule has 0 radical (unpaired) electrons. The first kappa shape index (κ1) is 20.4. The minimum absolute atomic E-state index is 0.00410. The number of amides is 2. The molecule has 5 nitrogen and oxygen atoms in total. The number of nitrogens with zero attached hydrogens (tertiary/aromatic N) is 1. The van der Waals surface area contributed by atoms with Crippen molar-refractivity contribution in [3.05, 3.63) is 52.2 Å². The van der Waals surface area contributed by atoms with Gasteiger partial charge in [0, 0.05) is 13.1 Å². The highest BCUT2D eigenvalue weighted by Crippen LogP contribution is 2.25. The van der Waals surface area contributed by atoms with Gasteiger partial charge in [-0.05, 0) is 41.8 Å². The summed E-state index contributed by atoms with van der Waals surface area (Å²) in [4.78, 5) is 27.6. The van der Waals surface area contributed by atoms with Crippen LogP contribution in [-0.4, -0.2) is 43.0 Å². The lowest BCUT2D eigenvalue weighted by Crippen LogP contribution is -2.45. The Morgan fingerprint density at radius 3 is 2.82 bits per heavy atom. The predicted octanol–water partition coefficient (Wildman–Crippen LogP) is 3.92. The highest BCUT2D eigenvalue weighted by molar-refractivity contribution is 7.12. The van der Waals surface area contributed by atoms with Crippen molar-refractivity contribution in [2.45, 2.75) is 32.6 Å². The van der Waals surface area contributed by atoms with Gasteiger partial charge in [0.1, 0.15) is 12.4 Å². The van der Waals surface area contributed by atoms with Gasteiger partial charge < -0.3 is 15.0 Å². The topological polar surface area (TPSA) is 58.6 Å².